The molecule has 0 radical (unpaired) electrons. The molecule has 1 amide bonds. The van der Waals surface area contributed by atoms with Crippen molar-refractivity contribution < 1.29 is 4.79 Å². The lowest BCUT2D eigenvalue weighted by atomic mass is 10.0. The van der Waals surface area contributed by atoms with Crippen LogP contribution in [0.1, 0.15) is 39.5 Å². The highest BCUT2D eigenvalue weighted by Gasteiger charge is 2.29. The van der Waals surface area contributed by atoms with Crippen LogP contribution in [0.3, 0.4) is 0 Å². The van der Waals surface area contributed by atoms with Crippen LogP contribution in [0.15, 0.2) is 0 Å². The number of hydrazine groups is 1. The van der Waals surface area contributed by atoms with E-state index in [4.69, 9.17) is 5.84 Å². The predicted molar refractivity (Wildman–Crippen MR) is 69.3 cm³/mol. The Bertz CT molecular complexity index is 229. The minimum Gasteiger partial charge on any atom is -0.317 e. The van der Waals surface area contributed by atoms with Gasteiger partial charge in [-0.25, -0.2) is 5.84 Å². The lowest BCUT2D eigenvalue weighted by Crippen LogP contribution is -2.54. The molecule has 0 spiro atoms. The summed E-state index contributed by atoms with van der Waals surface area (Å²) in [7, 11) is 0. The van der Waals surface area contributed by atoms with Crippen molar-refractivity contribution in [3.8, 4) is 0 Å². The molecule has 1 aliphatic rings. The van der Waals surface area contributed by atoms with Crippen molar-refractivity contribution in [2.24, 2.45) is 5.84 Å². The van der Waals surface area contributed by atoms with Gasteiger partial charge in [0.25, 0.3) is 5.91 Å². The predicted octanol–water partition coefficient (Wildman–Crippen LogP) is 0.219. The van der Waals surface area contributed by atoms with Crippen molar-refractivity contribution in [3.63, 3.8) is 0 Å². The first-order valence-corrected chi connectivity index (χ1v) is 6.71. The summed E-state index contributed by atoms with van der Waals surface area (Å²) in [6.07, 6.45) is 4.12. The fraction of sp³-hybridized carbons (Fsp3) is 0.917. The van der Waals surface area contributed by atoms with E-state index >= 15 is 0 Å². The van der Waals surface area contributed by atoms with Gasteiger partial charge in [0.2, 0.25) is 0 Å². The number of hydrogen-bond donors (Lipinski definition) is 3. The zero-order valence-corrected chi connectivity index (χ0v) is 11.0. The van der Waals surface area contributed by atoms with Crippen molar-refractivity contribution >= 4 is 5.91 Å². The molecule has 1 unspecified atom stereocenters. The maximum absolute atomic E-state index is 11.8. The van der Waals surface area contributed by atoms with Gasteiger partial charge in [0.05, 0.1) is 6.04 Å². The maximum atomic E-state index is 11.8. The monoisotopic (exact) mass is 242 g/mol. The van der Waals surface area contributed by atoms with Crippen LogP contribution in [0.4, 0.5) is 0 Å². The molecule has 0 aromatic carbocycles. The van der Waals surface area contributed by atoms with Gasteiger partial charge in [0, 0.05) is 6.04 Å². The van der Waals surface area contributed by atoms with E-state index < -0.39 is 0 Å². The summed E-state index contributed by atoms with van der Waals surface area (Å²) in [6.45, 7) is 7.26. The number of amides is 1. The Labute approximate surface area is 104 Å². The van der Waals surface area contributed by atoms with Gasteiger partial charge in [0.1, 0.15) is 0 Å². The highest BCUT2D eigenvalue weighted by molar-refractivity contribution is 5.81. The van der Waals surface area contributed by atoms with E-state index in [0.717, 1.165) is 45.3 Å². The summed E-state index contributed by atoms with van der Waals surface area (Å²) in [4.78, 5) is 14.1. The standard InChI is InChI=1S/C12H26N4O/c1-3-9-16(10-5-7-14-8-6-10)11(4-2)12(17)15-13/h10-11,14H,3-9,13H2,1-2H3,(H,15,17). The van der Waals surface area contributed by atoms with Crippen LogP contribution in [-0.4, -0.2) is 42.5 Å². The fourth-order valence-corrected chi connectivity index (χ4v) is 2.66. The number of nitrogens with two attached hydrogens (primary N) is 1. The van der Waals surface area contributed by atoms with E-state index in [2.05, 4.69) is 22.6 Å². The molecular formula is C12H26N4O. The average molecular weight is 242 g/mol. The number of rotatable bonds is 6. The molecule has 1 atom stereocenters. The molecule has 4 N–H and O–H groups in total. The summed E-state index contributed by atoms with van der Waals surface area (Å²) in [5.41, 5.74) is 2.30. The van der Waals surface area contributed by atoms with Crippen LogP contribution >= 0.6 is 0 Å². The van der Waals surface area contributed by atoms with Gasteiger partial charge in [-0.05, 0) is 45.3 Å². The second-order valence-corrected chi connectivity index (χ2v) is 4.65. The van der Waals surface area contributed by atoms with Gasteiger partial charge in [-0.3, -0.25) is 15.1 Å². The molecular weight excluding hydrogens is 216 g/mol. The highest BCUT2D eigenvalue weighted by Crippen LogP contribution is 2.17. The van der Waals surface area contributed by atoms with E-state index in [9.17, 15) is 4.79 Å². The molecule has 5 nitrogen and oxygen atoms in total. The molecule has 1 heterocycles. The van der Waals surface area contributed by atoms with Crippen molar-refractivity contribution in [1.82, 2.24) is 15.6 Å². The zero-order chi connectivity index (χ0) is 12.7. The number of carbonyl (C=O) groups excluding carboxylic acids is 1. The van der Waals surface area contributed by atoms with Crippen molar-refractivity contribution in [1.29, 1.82) is 0 Å². The average Bonchev–Trinajstić information content (AvgIpc) is 2.39. The summed E-state index contributed by atoms with van der Waals surface area (Å²) in [6, 6.07) is 0.432. The van der Waals surface area contributed by atoms with Gasteiger partial charge in [-0.15, -0.1) is 0 Å². The Hall–Kier alpha value is -0.650. The lowest BCUT2D eigenvalue weighted by Gasteiger charge is -2.38. The van der Waals surface area contributed by atoms with Crippen molar-refractivity contribution in [2.45, 2.75) is 51.6 Å². The molecule has 1 fully saturated rings. The van der Waals surface area contributed by atoms with E-state index in [1.807, 2.05) is 6.92 Å². The van der Waals surface area contributed by atoms with E-state index in [1.165, 1.54) is 0 Å². The summed E-state index contributed by atoms with van der Waals surface area (Å²) in [5.74, 6) is 5.22. The second kappa shape index (κ2) is 7.63. The van der Waals surface area contributed by atoms with Crippen LogP contribution in [0.2, 0.25) is 0 Å². The van der Waals surface area contributed by atoms with Crippen LogP contribution in [0.25, 0.3) is 0 Å². The Morgan fingerprint density at radius 3 is 2.59 bits per heavy atom. The molecule has 0 bridgehead atoms. The van der Waals surface area contributed by atoms with Crippen LogP contribution in [0, 0.1) is 0 Å². The van der Waals surface area contributed by atoms with Crippen LogP contribution in [-0.2, 0) is 4.79 Å². The molecule has 1 saturated heterocycles. The topological polar surface area (TPSA) is 70.4 Å². The van der Waals surface area contributed by atoms with Crippen molar-refractivity contribution in [2.75, 3.05) is 19.6 Å². The lowest BCUT2D eigenvalue weighted by molar-refractivity contribution is -0.128. The van der Waals surface area contributed by atoms with Crippen molar-refractivity contribution in [3.05, 3.63) is 0 Å². The first-order chi connectivity index (χ1) is 8.24. The molecule has 0 aromatic rings. The zero-order valence-electron chi connectivity index (χ0n) is 11.0. The molecule has 100 valence electrons. The molecule has 5 heteroatoms. The van der Waals surface area contributed by atoms with Gasteiger partial charge in [-0.2, -0.15) is 0 Å². The van der Waals surface area contributed by atoms with E-state index in [-0.39, 0.29) is 11.9 Å². The Morgan fingerprint density at radius 2 is 2.12 bits per heavy atom. The smallest absolute Gasteiger partial charge is 0.251 e. The fourth-order valence-electron chi connectivity index (χ4n) is 2.66. The minimum atomic E-state index is -0.0805. The van der Waals surface area contributed by atoms with E-state index in [0.29, 0.717) is 6.04 Å². The van der Waals surface area contributed by atoms with Gasteiger partial charge in [-0.1, -0.05) is 13.8 Å². The summed E-state index contributed by atoms with van der Waals surface area (Å²) >= 11 is 0. The second-order valence-electron chi connectivity index (χ2n) is 4.65. The third kappa shape index (κ3) is 3.94. The van der Waals surface area contributed by atoms with Gasteiger partial charge in [0.15, 0.2) is 0 Å². The van der Waals surface area contributed by atoms with Gasteiger partial charge >= 0.3 is 0 Å². The molecule has 17 heavy (non-hydrogen) atoms. The largest absolute Gasteiger partial charge is 0.317 e. The molecule has 1 aliphatic heterocycles. The first-order valence-electron chi connectivity index (χ1n) is 6.71. The Morgan fingerprint density at radius 1 is 1.47 bits per heavy atom. The number of hydrogen-bond acceptors (Lipinski definition) is 4. The maximum Gasteiger partial charge on any atom is 0.251 e. The molecule has 0 aliphatic carbocycles. The normalized spacial score (nSPS) is 19.3. The van der Waals surface area contributed by atoms with E-state index in [1.54, 1.807) is 0 Å². The molecule has 0 saturated carbocycles. The Balaban J connectivity index is 2.69. The number of nitrogens with one attached hydrogen (secondary N) is 2. The SMILES string of the molecule is CCCN(C1CCNCC1)C(CC)C(=O)NN. The summed E-state index contributed by atoms with van der Waals surface area (Å²) < 4.78 is 0. The minimum absolute atomic E-state index is 0.0560. The molecule has 0 aromatic heterocycles. The van der Waals surface area contributed by atoms with Gasteiger partial charge < -0.3 is 5.32 Å². The third-order valence-electron chi connectivity index (χ3n) is 3.49. The number of nitrogens with zero attached hydrogens (tertiary/aromatic N) is 1. The summed E-state index contributed by atoms with van der Waals surface area (Å²) in [5, 5.41) is 3.36. The third-order valence-corrected chi connectivity index (χ3v) is 3.49. The first kappa shape index (κ1) is 14.4. The molecule has 1 rings (SSSR count). The number of carbonyl (C=O) groups is 1. The quantitative estimate of drug-likeness (QED) is 0.354. The number of piperidine rings is 1. The highest BCUT2D eigenvalue weighted by atomic mass is 16.2. The van der Waals surface area contributed by atoms with Crippen LogP contribution < -0.4 is 16.6 Å². The van der Waals surface area contributed by atoms with Crippen LogP contribution in [0.5, 0.6) is 0 Å². The Kier molecular flexibility index (Phi) is 6.47.